The zero-order chi connectivity index (χ0) is 22.2. The van der Waals surface area contributed by atoms with E-state index in [-0.39, 0.29) is 12.5 Å². The van der Waals surface area contributed by atoms with Gasteiger partial charge in [-0.2, -0.15) is 28.5 Å². The van der Waals surface area contributed by atoms with Crippen LogP contribution >= 0.6 is 12.2 Å². The number of rotatable bonds is 6. The summed E-state index contributed by atoms with van der Waals surface area (Å²) in [6.45, 7) is 4.28. The Morgan fingerprint density at radius 1 is 1.19 bits per heavy atom. The molecule has 0 aliphatic heterocycles. The number of nitrogens with zero attached hydrogens (tertiary/aromatic N) is 6. The number of benzene rings is 1. The fourth-order valence-corrected chi connectivity index (χ4v) is 3.63. The predicted molar refractivity (Wildman–Crippen MR) is 110 cm³/mol. The molecule has 7 nitrogen and oxygen atoms in total. The normalized spacial score (nSPS) is 12.9. The van der Waals surface area contributed by atoms with Crippen molar-refractivity contribution >= 4 is 12.2 Å². The van der Waals surface area contributed by atoms with Crippen LogP contribution < -0.4 is 0 Å². The van der Waals surface area contributed by atoms with E-state index in [9.17, 15) is 13.2 Å². The summed E-state index contributed by atoms with van der Waals surface area (Å²) in [4.78, 5) is 0. The lowest BCUT2D eigenvalue weighted by Crippen LogP contribution is -2.15. The summed E-state index contributed by atoms with van der Waals surface area (Å²) in [5.74, 6) is 0.331. The highest BCUT2D eigenvalue weighted by atomic mass is 32.1. The van der Waals surface area contributed by atoms with Crippen molar-refractivity contribution in [2.24, 2.45) is 0 Å². The van der Waals surface area contributed by atoms with Crippen molar-refractivity contribution in [3.05, 3.63) is 76.3 Å². The third kappa shape index (κ3) is 4.46. The first-order valence-corrected chi connectivity index (χ1v) is 9.99. The van der Waals surface area contributed by atoms with Crippen molar-refractivity contribution in [2.75, 3.05) is 0 Å². The van der Waals surface area contributed by atoms with Crippen LogP contribution in [0.1, 0.15) is 35.6 Å². The molecule has 1 N–H and O–H groups in total. The topological polar surface area (TPSA) is 69.2 Å². The van der Waals surface area contributed by atoms with Gasteiger partial charge in [-0.15, -0.1) is 0 Å². The fourth-order valence-electron chi connectivity index (χ4n) is 3.39. The SMILES string of the molecule is Cc1cc(C(F)(F)F)nn1C[C@@H](C)c1n[nH]c(=S)n1-c1cnn(Cc2ccccc2)c1. The Morgan fingerprint density at radius 3 is 2.61 bits per heavy atom. The molecular formula is C20H20F3N7S. The highest BCUT2D eigenvalue weighted by Crippen LogP contribution is 2.29. The monoisotopic (exact) mass is 447 g/mol. The third-order valence-electron chi connectivity index (χ3n) is 4.92. The third-order valence-corrected chi connectivity index (χ3v) is 5.20. The van der Waals surface area contributed by atoms with Crippen LogP contribution in [0.3, 0.4) is 0 Å². The van der Waals surface area contributed by atoms with E-state index in [1.165, 1.54) is 4.68 Å². The van der Waals surface area contributed by atoms with E-state index in [1.807, 2.05) is 43.5 Å². The Labute approximate surface area is 181 Å². The average molecular weight is 447 g/mol. The number of alkyl halides is 3. The molecule has 0 saturated carbocycles. The lowest BCUT2D eigenvalue weighted by molar-refractivity contribution is -0.141. The molecule has 3 aromatic heterocycles. The Kier molecular flexibility index (Phi) is 5.52. The Balaban J connectivity index is 1.58. The molecule has 0 unspecified atom stereocenters. The van der Waals surface area contributed by atoms with E-state index in [0.29, 0.717) is 22.8 Å². The molecule has 4 aromatic rings. The molecule has 0 radical (unpaired) electrons. The molecule has 1 atom stereocenters. The zero-order valence-corrected chi connectivity index (χ0v) is 17.7. The van der Waals surface area contributed by atoms with E-state index in [2.05, 4.69) is 20.4 Å². The standard InChI is InChI=1S/C20H20F3N7S/c1-13(10-29-14(2)8-17(27-29)20(21,22)23)18-25-26-19(31)30(18)16-9-24-28(12-16)11-15-6-4-3-5-7-15/h3-9,12-13H,10-11H2,1-2H3,(H,26,31)/t13-/m1/s1. The predicted octanol–water partition coefficient (Wildman–Crippen LogP) is 4.50. The first kappa shape index (κ1) is 21.0. The summed E-state index contributed by atoms with van der Waals surface area (Å²) >= 11 is 5.39. The quantitative estimate of drug-likeness (QED) is 0.442. The van der Waals surface area contributed by atoms with Gasteiger partial charge in [-0.25, -0.2) is 0 Å². The minimum atomic E-state index is -4.48. The van der Waals surface area contributed by atoms with Crippen molar-refractivity contribution in [3.8, 4) is 5.69 Å². The zero-order valence-electron chi connectivity index (χ0n) is 16.8. The van der Waals surface area contributed by atoms with E-state index in [0.717, 1.165) is 17.3 Å². The van der Waals surface area contributed by atoms with Gasteiger partial charge in [0.25, 0.3) is 0 Å². The molecule has 1 aromatic carbocycles. The second-order valence-corrected chi connectivity index (χ2v) is 7.74. The van der Waals surface area contributed by atoms with Gasteiger partial charge in [0.2, 0.25) is 0 Å². The maximum atomic E-state index is 13.0. The molecule has 31 heavy (non-hydrogen) atoms. The molecular weight excluding hydrogens is 427 g/mol. The summed E-state index contributed by atoms with van der Waals surface area (Å²) < 4.78 is 44.2. The van der Waals surface area contributed by atoms with Gasteiger partial charge >= 0.3 is 6.18 Å². The first-order valence-electron chi connectivity index (χ1n) is 9.58. The van der Waals surface area contributed by atoms with Crippen LogP contribution in [0.5, 0.6) is 0 Å². The van der Waals surface area contributed by atoms with Gasteiger partial charge in [-0.3, -0.25) is 19.0 Å². The molecule has 0 amide bonds. The summed E-state index contributed by atoms with van der Waals surface area (Å²) in [6.07, 6.45) is -0.937. The maximum Gasteiger partial charge on any atom is 0.435 e. The Bertz CT molecular complexity index is 1230. The van der Waals surface area contributed by atoms with Crippen molar-refractivity contribution in [1.82, 2.24) is 34.3 Å². The minimum Gasteiger partial charge on any atom is -0.269 e. The smallest absolute Gasteiger partial charge is 0.269 e. The maximum absolute atomic E-state index is 13.0. The lowest BCUT2D eigenvalue weighted by Gasteiger charge is -2.13. The first-order chi connectivity index (χ1) is 14.7. The van der Waals surface area contributed by atoms with Gasteiger partial charge in [-0.1, -0.05) is 37.3 Å². The molecule has 0 bridgehead atoms. The van der Waals surface area contributed by atoms with Gasteiger partial charge < -0.3 is 0 Å². The van der Waals surface area contributed by atoms with Crippen LogP contribution in [-0.2, 0) is 19.3 Å². The summed E-state index contributed by atoms with van der Waals surface area (Å²) in [5.41, 5.74) is 1.36. The van der Waals surface area contributed by atoms with Crippen molar-refractivity contribution < 1.29 is 13.2 Å². The van der Waals surface area contributed by atoms with Crippen LogP contribution in [0.15, 0.2) is 48.8 Å². The highest BCUT2D eigenvalue weighted by Gasteiger charge is 2.34. The number of halogens is 3. The van der Waals surface area contributed by atoms with Gasteiger partial charge in [-0.05, 0) is 30.8 Å². The van der Waals surface area contributed by atoms with Crippen LogP contribution in [0, 0.1) is 11.7 Å². The molecule has 0 spiro atoms. The Morgan fingerprint density at radius 2 is 1.94 bits per heavy atom. The second-order valence-electron chi connectivity index (χ2n) is 7.36. The van der Waals surface area contributed by atoms with E-state index < -0.39 is 11.9 Å². The molecule has 3 heterocycles. The number of aromatic nitrogens is 7. The molecule has 0 aliphatic carbocycles. The van der Waals surface area contributed by atoms with Crippen LogP contribution in [-0.4, -0.2) is 34.3 Å². The summed E-state index contributed by atoms with van der Waals surface area (Å²) in [7, 11) is 0. The second kappa shape index (κ2) is 8.14. The number of aryl methyl sites for hydroxylation is 1. The molecule has 0 fully saturated rings. The van der Waals surface area contributed by atoms with Gasteiger partial charge in [0.15, 0.2) is 10.5 Å². The molecule has 162 valence electrons. The minimum absolute atomic E-state index is 0.222. The highest BCUT2D eigenvalue weighted by molar-refractivity contribution is 7.71. The largest absolute Gasteiger partial charge is 0.435 e. The molecule has 11 heteroatoms. The van der Waals surface area contributed by atoms with Crippen LogP contribution in [0.4, 0.5) is 13.2 Å². The molecule has 4 rings (SSSR count). The number of hydrogen-bond donors (Lipinski definition) is 1. The van der Waals surface area contributed by atoms with E-state index >= 15 is 0 Å². The van der Waals surface area contributed by atoms with Crippen molar-refractivity contribution in [2.45, 2.75) is 39.0 Å². The van der Waals surface area contributed by atoms with Gasteiger partial charge in [0, 0.05) is 17.8 Å². The van der Waals surface area contributed by atoms with Crippen molar-refractivity contribution in [1.29, 1.82) is 0 Å². The summed E-state index contributed by atoms with van der Waals surface area (Å²) in [5, 5.41) is 15.2. The lowest BCUT2D eigenvalue weighted by atomic mass is 10.1. The number of hydrogen-bond acceptors (Lipinski definition) is 4. The van der Waals surface area contributed by atoms with Gasteiger partial charge in [0.05, 0.1) is 25.0 Å². The number of aromatic amines is 1. The Hall–Kier alpha value is -3.21. The van der Waals surface area contributed by atoms with E-state index in [4.69, 9.17) is 12.2 Å². The van der Waals surface area contributed by atoms with E-state index in [1.54, 1.807) is 22.4 Å². The fraction of sp³-hybridized carbons (Fsp3) is 0.300. The number of H-pyrrole nitrogens is 1. The molecule has 0 saturated heterocycles. The van der Waals surface area contributed by atoms with Crippen LogP contribution in [0.25, 0.3) is 5.69 Å². The summed E-state index contributed by atoms with van der Waals surface area (Å²) in [6, 6.07) is 11.0. The average Bonchev–Trinajstić information content (AvgIpc) is 3.41. The van der Waals surface area contributed by atoms with Crippen molar-refractivity contribution in [3.63, 3.8) is 0 Å². The van der Waals surface area contributed by atoms with Crippen LogP contribution in [0.2, 0.25) is 0 Å². The molecule has 0 aliphatic rings. The number of nitrogens with one attached hydrogen (secondary N) is 1. The van der Waals surface area contributed by atoms with Gasteiger partial charge in [0.1, 0.15) is 5.82 Å².